The van der Waals surface area contributed by atoms with Crippen molar-refractivity contribution in [1.29, 1.82) is 0 Å². The number of hydrogen-bond donors (Lipinski definition) is 1. The van der Waals surface area contributed by atoms with Crippen LogP contribution in [0, 0.1) is 0 Å². The van der Waals surface area contributed by atoms with E-state index in [0.717, 1.165) is 34.3 Å². The molecule has 1 aromatic heterocycles. The van der Waals surface area contributed by atoms with Gasteiger partial charge in [0.1, 0.15) is 5.75 Å². The van der Waals surface area contributed by atoms with Crippen LogP contribution in [0.3, 0.4) is 0 Å². The summed E-state index contributed by atoms with van der Waals surface area (Å²) in [6.07, 6.45) is 2.38. The van der Waals surface area contributed by atoms with E-state index in [9.17, 15) is 0 Å². The molecule has 20 heavy (non-hydrogen) atoms. The first-order valence-corrected chi connectivity index (χ1v) is 7.61. The minimum atomic E-state index is 0.0921. The van der Waals surface area contributed by atoms with Gasteiger partial charge in [0, 0.05) is 16.1 Å². The number of likely N-dealkylation sites (N-methyl/N-ethyl adjacent to an activating group) is 1. The smallest absolute Gasteiger partial charge is 0.197 e. The van der Waals surface area contributed by atoms with Crippen molar-refractivity contribution in [3.05, 3.63) is 51.3 Å². The van der Waals surface area contributed by atoms with E-state index in [1.54, 1.807) is 13.4 Å². The molecule has 108 valence electrons. The van der Waals surface area contributed by atoms with Gasteiger partial charge in [0.25, 0.3) is 0 Å². The zero-order valence-electron chi connectivity index (χ0n) is 11.5. The highest BCUT2D eigenvalue weighted by molar-refractivity contribution is 9.10. The molecule has 0 amide bonds. The fourth-order valence-electron chi connectivity index (χ4n) is 2.22. The van der Waals surface area contributed by atoms with Gasteiger partial charge >= 0.3 is 0 Å². The molecule has 1 aromatic carbocycles. The lowest BCUT2D eigenvalue weighted by Gasteiger charge is -2.18. The molecule has 1 atom stereocenters. The molecular weight excluding hydrogens is 342 g/mol. The number of rotatable bonds is 6. The second kappa shape index (κ2) is 7.16. The second-order valence-corrected chi connectivity index (χ2v) is 5.68. The fraction of sp³-hybridized carbons (Fsp3) is 0.333. The molecule has 0 radical (unpaired) electrons. The predicted molar refractivity (Wildman–Crippen MR) is 84.5 cm³/mol. The number of benzene rings is 1. The van der Waals surface area contributed by atoms with Crippen LogP contribution < -0.4 is 10.1 Å². The van der Waals surface area contributed by atoms with Crippen molar-refractivity contribution in [2.75, 3.05) is 13.7 Å². The lowest BCUT2D eigenvalue weighted by atomic mass is 10.0. The van der Waals surface area contributed by atoms with Gasteiger partial charge in [0.2, 0.25) is 0 Å². The van der Waals surface area contributed by atoms with Crippen LogP contribution in [-0.4, -0.2) is 13.7 Å². The van der Waals surface area contributed by atoms with Gasteiger partial charge in [-0.15, -0.1) is 0 Å². The van der Waals surface area contributed by atoms with Gasteiger partial charge in [-0.3, -0.25) is 0 Å². The number of nitrogens with one attached hydrogen (secondary N) is 1. The lowest BCUT2D eigenvalue weighted by molar-refractivity contribution is 0.405. The largest absolute Gasteiger partial charge is 0.496 e. The van der Waals surface area contributed by atoms with Crippen LogP contribution in [-0.2, 0) is 6.42 Å². The van der Waals surface area contributed by atoms with Gasteiger partial charge in [-0.1, -0.05) is 22.9 Å². The Balaban J connectivity index is 2.29. The molecule has 2 aromatic rings. The maximum absolute atomic E-state index is 6.09. The van der Waals surface area contributed by atoms with E-state index < -0.39 is 0 Å². The second-order valence-electron chi connectivity index (χ2n) is 4.42. The summed E-state index contributed by atoms with van der Waals surface area (Å²) < 4.78 is 11.6. The summed E-state index contributed by atoms with van der Waals surface area (Å²) >= 11 is 9.59. The Morgan fingerprint density at radius 3 is 2.80 bits per heavy atom. The molecule has 0 saturated heterocycles. The number of hydrogen-bond acceptors (Lipinski definition) is 3. The number of halogens is 2. The van der Waals surface area contributed by atoms with Gasteiger partial charge in [0.15, 0.2) is 5.22 Å². The molecule has 0 fully saturated rings. The van der Waals surface area contributed by atoms with E-state index in [2.05, 4.69) is 34.2 Å². The van der Waals surface area contributed by atoms with E-state index >= 15 is 0 Å². The first kappa shape index (κ1) is 15.4. The summed E-state index contributed by atoms with van der Waals surface area (Å²) in [5.41, 5.74) is 2.08. The molecule has 0 aliphatic rings. The van der Waals surface area contributed by atoms with Gasteiger partial charge in [-0.25, -0.2) is 0 Å². The van der Waals surface area contributed by atoms with Crippen molar-refractivity contribution < 1.29 is 9.15 Å². The van der Waals surface area contributed by atoms with Gasteiger partial charge < -0.3 is 14.5 Å². The Labute approximate surface area is 132 Å². The van der Waals surface area contributed by atoms with Crippen LogP contribution in [0.5, 0.6) is 5.75 Å². The lowest BCUT2D eigenvalue weighted by Crippen LogP contribution is -2.23. The summed E-state index contributed by atoms with van der Waals surface area (Å²) in [6.45, 7) is 2.92. The number of methoxy groups -OCH3 is 1. The highest BCUT2D eigenvalue weighted by Crippen LogP contribution is 2.31. The summed E-state index contributed by atoms with van der Waals surface area (Å²) in [7, 11) is 1.68. The topological polar surface area (TPSA) is 34.4 Å². The number of furan rings is 1. The van der Waals surface area contributed by atoms with Crippen LogP contribution in [0.15, 0.2) is 39.4 Å². The van der Waals surface area contributed by atoms with Crippen molar-refractivity contribution in [1.82, 2.24) is 5.32 Å². The summed E-state index contributed by atoms with van der Waals surface area (Å²) in [4.78, 5) is 0. The third kappa shape index (κ3) is 3.57. The maximum Gasteiger partial charge on any atom is 0.197 e. The maximum atomic E-state index is 6.09. The summed E-state index contributed by atoms with van der Waals surface area (Å²) in [6, 6.07) is 7.99. The molecule has 3 nitrogen and oxygen atoms in total. The van der Waals surface area contributed by atoms with Gasteiger partial charge in [0.05, 0.1) is 13.4 Å². The van der Waals surface area contributed by atoms with Crippen LogP contribution in [0.25, 0.3) is 0 Å². The molecule has 1 unspecified atom stereocenters. The zero-order chi connectivity index (χ0) is 14.5. The van der Waals surface area contributed by atoms with Crippen LogP contribution in [0.1, 0.15) is 24.1 Å². The Hall–Kier alpha value is -0.970. The summed E-state index contributed by atoms with van der Waals surface area (Å²) in [5, 5.41) is 3.86. The fourth-order valence-corrected chi connectivity index (χ4v) is 2.87. The van der Waals surface area contributed by atoms with Crippen molar-refractivity contribution in [3.63, 3.8) is 0 Å². The van der Waals surface area contributed by atoms with E-state index in [1.807, 2.05) is 18.2 Å². The SMILES string of the molecule is CCNC(Cc1cc(Br)ccc1OC)c1ccoc1Cl. The van der Waals surface area contributed by atoms with Crippen LogP contribution in [0.4, 0.5) is 0 Å². The number of ether oxygens (including phenoxy) is 1. The zero-order valence-corrected chi connectivity index (χ0v) is 13.8. The molecule has 1 N–H and O–H groups in total. The molecule has 0 bridgehead atoms. The Bertz CT molecular complexity index is 571. The average Bonchev–Trinajstić information content (AvgIpc) is 2.85. The van der Waals surface area contributed by atoms with Crippen LogP contribution >= 0.6 is 27.5 Å². The van der Waals surface area contributed by atoms with Crippen molar-refractivity contribution in [2.24, 2.45) is 0 Å². The average molecular weight is 359 g/mol. The Kier molecular flexibility index (Phi) is 5.52. The van der Waals surface area contributed by atoms with E-state index in [-0.39, 0.29) is 6.04 Å². The van der Waals surface area contributed by atoms with E-state index in [1.165, 1.54) is 0 Å². The van der Waals surface area contributed by atoms with Crippen LogP contribution in [0.2, 0.25) is 5.22 Å². The van der Waals surface area contributed by atoms with Gasteiger partial charge in [-0.2, -0.15) is 0 Å². The van der Waals surface area contributed by atoms with E-state index in [0.29, 0.717) is 5.22 Å². The minimum Gasteiger partial charge on any atom is -0.496 e. The predicted octanol–water partition coefficient (Wildman–Crippen LogP) is 4.60. The van der Waals surface area contributed by atoms with Crippen molar-refractivity contribution >= 4 is 27.5 Å². The van der Waals surface area contributed by atoms with Gasteiger partial charge in [-0.05, 0) is 54.4 Å². The third-order valence-corrected chi connectivity index (χ3v) is 3.94. The molecule has 5 heteroatoms. The highest BCUT2D eigenvalue weighted by atomic mass is 79.9. The van der Waals surface area contributed by atoms with Crippen molar-refractivity contribution in [2.45, 2.75) is 19.4 Å². The molecule has 2 rings (SSSR count). The normalized spacial score (nSPS) is 12.4. The molecule has 0 aliphatic carbocycles. The van der Waals surface area contributed by atoms with Crippen molar-refractivity contribution in [3.8, 4) is 5.75 Å². The standard InChI is InChI=1S/C15H17BrClNO2/c1-3-18-13(12-6-7-20-15(12)17)9-10-8-11(16)4-5-14(10)19-2/h4-8,13,18H,3,9H2,1-2H3. The molecule has 1 heterocycles. The molecular formula is C15H17BrClNO2. The third-order valence-electron chi connectivity index (χ3n) is 3.14. The Morgan fingerprint density at radius 1 is 1.40 bits per heavy atom. The minimum absolute atomic E-state index is 0.0921. The molecule has 0 aliphatic heterocycles. The first-order chi connectivity index (χ1) is 9.65. The summed E-state index contributed by atoms with van der Waals surface area (Å²) in [5.74, 6) is 0.871. The monoisotopic (exact) mass is 357 g/mol. The molecule has 0 spiro atoms. The Morgan fingerprint density at radius 2 is 2.20 bits per heavy atom. The van der Waals surface area contributed by atoms with E-state index in [4.69, 9.17) is 20.8 Å². The highest BCUT2D eigenvalue weighted by Gasteiger charge is 2.18. The first-order valence-electron chi connectivity index (χ1n) is 6.44. The quantitative estimate of drug-likeness (QED) is 0.819. The molecule has 0 saturated carbocycles.